The summed E-state index contributed by atoms with van der Waals surface area (Å²) in [5.74, 6) is 0.445. The summed E-state index contributed by atoms with van der Waals surface area (Å²) in [6, 6.07) is 12.2. The number of hydrogen-bond donors (Lipinski definition) is 2. The first kappa shape index (κ1) is 13.7. The summed E-state index contributed by atoms with van der Waals surface area (Å²) in [6.45, 7) is 0. The summed E-state index contributed by atoms with van der Waals surface area (Å²) in [4.78, 5) is 12.0. The van der Waals surface area contributed by atoms with Crippen LogP contribution in [0.3, 0.4) is 0 Å². The number of nitrogen functional groups attached to an aromatic ring is 2. The molecule has 2 aromatic rings. The highest BCUT2D eigenvalue weighted by molar-refractivity contribution is 6.07. The third kappa shape index (κ3) is 3.17. The van der Waals surface area contributed by atoms with Crippen LogP contribution < -0.4 is 16.2 Å². The lowest BCUT2D eigenvalue weighted by molar-refractivity contribution is 0.104. The fourth-order valence-corrected chi connectivity index (χ4v) is 1.76. The molecule has 0 amide bonds. The van der Waals surface area contributed by atoms with Gasteiger partial charge in [-0.1, -0.05) is 18.2 Å². The van der Waals surface area contributed by atoms with E-state index in [-0.39, 0.29) is 5.78 Å². The van der Waals surface area contributed by atoms with Crippen LogP contribution in [0.1, 0.15) is 15.9 Å². The maximum Gasteiger partial charge on any atom is 0.185 e. The number of hydrogen-bond acceptors (Lipinski definition) is 4. The number of ketones is 1. The minimum absolute atomic E-state index is 0.115. The number of anilines is 2. The molecule has 0 aromatic heterocycles. The lowest BCUT2D eigenvalue weighted by atomic mass is 10.1. The summed E-state index contributed by atoms with van der Waals surface area (Å²) < 4.78 is 5.05. The monoisotopic (exact) mass is 268 g/mol. The zero-order chi connectivity index (χ0) is 14.5. The van der Waals surface area contributed by atoms with Crippen molar-refractivity contribution in [2.75, 3.05) is 18.6 Å². The predicted molar refractivity (Wildman–Crippen MR) is 81.6 cm³/mol. The second-order valence-electron chi connectivity index (χ2n) is 4.32. The van der Waals surface area contributed by atoms with Crippen LogP contribution >= 0.6 is 0 Å². The van der Waals surface area contributed by atoms with Crippen molar-refractivity contribution in [1.82, 2.24) is 0 Å². The largest absolute Gasteiger partial charge is 0.495 e. The van der Waals surface area contributed by atoms with Gasteiger partial charge in [-0.05, 0) is 42.0 Å². The minimum atomic E-state index is -0.115. The molecule has 4 nitrogen and oxygen atoms in total. The van der Waals surface area contributed by atoms with Gasteiger partial charge in [-0.25, -0.2) is 0 Å². The molecule has 0 atom stereocenters. The second kappa shape index (κ2) is 5.93. The van der Waals surface area contributed by atoms with E-state index in [0.29, 0.717) is 22.7 Å². The van der Waals surface area contributed by atoms with Gasteiger partial charge in [0, 0.05) is 11.3 Å². The van der Waals surface area contributed by atoms with Crippen LogP contribution in [0.25, 0.3) is 6.08 Å². The third-order valence-electron chi connectivity index (χ3n) is 2.88. The van der Waals surface area contributed by atoms with Crippen molar-refractivity contribution in [1.29, 1.82) is 0 Å². The van der Waals surface area contributed by atoms with Crippen molar-refractivity contribution >= 4 is 23.2 Å². The van der Waals surface area contributed by atoms with Crippen LogP contribution in [-0.2, 0) is 0 Å². The van der Waals surface area contributed by atoms with Gasteiger partial charge in [-0.3, -0.25) is 4.79 Å². The van der Waals surface area contributed by atoms with E-state index >= 15 is 0 Å². The van der Waals surface area contributed by atoms with Gasteiger partial charge in [0.25, 0.3) is 0 Å². The van der Waals surface area contributed by atoms with E-state index in [1.54, 1.807) is 36.4 Å². The van der Waals surface area contributed by atoms with Gasteiger partial charge in [0.1, 0.15) is 5.75 Å². The lowest BCUT2D eigenvalue weighted by Crippen LogP contribution is -1.98. The fraction of sp³-hybridized carbons (Fsp3) is 0.0625. The van der Waals surface area contributed by atoms with Gasteiger partial charge in [0.05, 0.1) is 12.8 Å². The number of benzene rings is 2. The maximum atomic E-state index is 12.0. The predicted octanol–water partition coefficient (Wildman–Crippen LogP) is 2.76. The molecular weight excluding hydrogens is 252 g/mol. The molecule has 2 rings (SSSR count). The number of allylic oxidation sites excluding steroid dienone is 1. The van der Waals surface area contributed by atoms with E-state index in [4.69, 9.17) is 16.2 Å². The van der Waals surface area contributed by atoms with Crippen molar-refractivity contribution in [3.63, 3.8) is 0 Å². The Morgan fingerprint density at radius 1 is 1.10 bits per heavy atom. The maximum absolute atomic E-state index is 12.0. The molecule has 0 saturated carbocycles. The van der Waals surface area contributed by atoms with Gasteiger partial charge in [-0.2, -0.15) is 0 Å². The molecule has 0 bridgehead atoms. The Hall–Kier alpha value is -2.75. The molecule has 4 heteroatoms. The first-order chi connectivity index (χ1) is 9.60. The Morgan fingerprint density at radius 2 is 1.80 bits per heavy atom. The molecule has 0 aliphatic carbocycles. The molecule has 2 aromatic carbocycles. The van der Waals surface area contributed by atoms with Crippen LogP contribution in [0.4, 0.5) is 11.4 Å². The second-order valence-corrected chi connectivity index (χ2v) is 4.32. The van der Waals surface area contributed by atoms with E-state index in [1.807, 2.05) is 12.1 Å². The van der Waals surface area contributed by atoms with Gasteiger partial charge in [0.2, 0.25) is 0 Å². The molecule has 0 radical (unpaired) electrons. The zero-order valence-corrected chi connectivity index (χ0v) is 11.2. The Bertz CT molecular complexity index is 646. The number of rotatable bonds is 4. The summed E-state index contributed by atoms with van der Waals surface area (Å²) in [6.07, 6.45) is 3.25. The van der Waals surface area contributed by atoms with Crippen LogP contribution in [0.15, 0.2) is 48.5 Å². The molecule has 0 fully saturated rings. The van der Waals surface area contributed by atoms with E-state index in [1.165, 1.54) is 13.2 Å². The van der Waals surface area contributed by atoms with Crippen molar-refractivity contribution in [3.8, 4) is 5.75 Å². The molecule has 0 aliphatic rings. The van der Waals surface area contributed by atoms with Crippen molar-refractivity contribution in [3.05, 3.63) is 59.7 Å². The average molecular weight is 268 g/mol. The minimum Gasteiger partial charge on any atom is -0.495 e. The van der Waals surface area contributed by atoms with Gasteiger partial charge in [-0.15, -0.1) is 0 Å². The van der Waals surface area contributed by atoms with Crippen LogP contribution in [-0.4, -0.2) is 12.9 Å². The highest BCUT2D eigenvalue weighted by Gasteiger charge is 2.05. The van der Waals surface area contributed by atoms with E-state index < -0.39 is 0 Å². The highest BCUT2D eigenvalue weighted by Crippen LogP contribution is 2.22. The summed E-state index contributed by atoms with van der Waals surface area (Å²) in [5, 5.41) is 0. The van der Waals surface area contributed by atoms with Gasteiger partial charge in [0.15, 0.2) is 5.78 Å². The Balaban J connectivity index is 2.15. The molecular formula is C16H16N2O2. The molecule has 0 spiro atoms. The SMILES string of the molecule is COc1ccc(C(=O)C=Cc2ccc(N)cc2)cc1N. The molecule has 0 unspecified atom stereocenters. The normalized spacial score (nSPS) is 10.7. The molecule has 102 valence electrons. The first-order valence-electron chi connectivity index (χ1n) is 6.11. The summed E-state index contributed by atoms with van der Waals surface area (Å²) in [7, 11) is 1.54. The van der Waals surface area contributed by atoms with E-state index in [0.717, 1.165) is 5.56 Å². The summed E-state index contributed by atoms with van der Waals surface area (Å²) in [5.41, 5.74) is 13.9. The van der Waals surface area contributed by atoms with Crippen LogP contribution in [0.2, 0.25) is 0 Å². The molecule has 20 heavy (non-hydrogen) atoms. The van der Waals surface area contributed by atoms with Crippen molar-refractivity contribution < 1.29 is 9.53 Å². The quantitative estimate of drug-likeness (QED) is 0.507. The van der Waals surface area contributed by atoms with Gasteiger partial charge < -0.3 is 16.2 Å². The van der Waals surface area contributed by atoms with Crippen molar-refractivity contribution in [2.24, 2.45) is 0 Å². The lowest BCUT2D eigenvalue weighted by Gasteiger charge is -2.05. The third-order valence-corrected chi connectivity index (χ3v) is 2.88. The highest BCUT2D eigenvalue weighted by atomic mass is 16.5. The number of carbonyl (C=O) groups is 1. The number of ether oxygens (including phenoxy) is 1. The zero-order valence-electron chi connectivity index (χ0n) is 11.2. The molecule has 0 aliphatic heterocycles. The van der Waals surface area contributed by atoms with Crippen LogP contribution in [0, 0.1) is 0 Å². The fourth-order valence-electron chi connectivity index (χ4n) is 1.76. The summed E-state index contributed by atoms with van der Waals surface area (Å²) >= 11 is 0. The first-order valence-corrected chi connectivity index (χ1v) is 6.11. The number of carbonyl (C=O) groups excluding carboxylic acids is 1. The topological polar surface area (TPSA) is 78.3 Å². The van der Waals surface area contributed by atoms with Crippen LogP contribution in [0.5, 0.6) is 5.75 Å². The van der Waals surface area contributed by atoms with E-state index in [9.17, 15) is 4.79 Å². The smallest absolute Gasteiger partial charge is 0.185 e. The van der Waals surface area contributed by atoms with Crippen molar-refractivity contribution in [2.45, 2.75) is 0 Å². The standard InChI is InChI=1S/C16H16N2O2/c1-20-16-9-5-12(10-14(16)18)15(19)8-4-11-2-6-13(17)7-3-11/h2-10H,17-18H2,1H3. The number of nitrogens with two attached hydrogens (primary N) is 2. The molecule has 4 N–H and O–H groups in total. The number of methoxy groups -OCH3 is 1. The Morgan fingerprint density at radius 3 is 2.40 bits per heavy atom. The van der Waals surface area contributed by atoms with Gasteiger partial charge >= 0.3 is 0 Å². The Labute approximate surface area is 117 Å². The Kier molecular flexibility index (Phi) is 4.05. The molecule has 0 heterocycles. The average Bonchev–Trinajstić information content (AvgIpc) is 2.46. The van der Waals surface area contributed by atoms with E-state index in [2.05, 4.69) is 0 Å². The molecule has 0 saturated heterocycles.